The van der Waals surface area contributed by atoms with Crippen molar-refractivity contribution in [2.75, 3.05) is 5.32 Å². The van der Waals surface area contributed by atoms with Gasteiger partial charge in [0.25, 0.3) is 5.92 Å². The van der Waals surface area contributed by atoms with E-state index in [1.807, 2.05) is 30.3 Å². The average Bonchev–Trinajstić information content (AvgIpc) is 2.89. The molecule has 0 radical (unpaired) electrons. The Hall–Kier alpha value is -3.97. The van der Waals surface area contributed by atoms with Crippen molar-refractivity contribution in [3.05, 3.63) is 102 Å². The molecule has 184 valence electrons. The minimum absolute atomic E-state index is 0.0321. The Morgan fingerprint density at radius 1 is 0.944 bits per heavy atom. The number of halogens is 2. The predicted molar refractivity (Wildman–Crippen MR) is 137 cm³/mol. The Morgan fingerprint density at radius 3 is 2.22 bits per heavy atom. The summed E-state index contributed by atoms with van der Waals surface area (Å²) < 4.78 is 27.9. The van der Waals surface area contributed by atoms with E-state index in [2.05, 4.69) is 28.3 Å². The van der Waals surface area contributed by atoms with Crippen LogP contribution in [0.25, 0.3) is 22.5 Å². The highest BCUT2D eigenvalue weighted by Gasteiger charge is 2.37. The van der Waals surface area contributed by atoms with E-state index in [9.17, 15) is 18.7 Å². The Kier molecular flexibility index (Phi) is 7.50. The van der Waals surface area contributed by atoms with Crippen LogP contribution in [0.15, 0.2) is 85.2 Å². The minimum atomic E-state index is -3.34. The molecule has 4 aromatic rings. The van der Waals surface area contributed by atoms with Crippen molar-refractivity contribution < 1.29 is 18.7 Å². The summed E-state index contributed by atoms with van der Waals surface area (Å²) in [5.41, 5.74) is 5.57. The van der Waals surface area contributed by atoms with Crippen molar-refractivity contribution in [1.82, 2.24) is 9.97 Å². The first-order valence-electron chi connectivity index (χ1n) is 11.7. The van der Waals surface area contributed by atoms with E-state index in [1.165, 1.54) is 29.8 Å². The van der Waals surface area contributed by atoms with E-state index < -0.39 is 12.0 Å². The van der Waals surface area contributed by atoms with Crippen LogP contribution in [0.2, 0.25) is 0 Å². The fourth-order valence-electron chi connectivity index (χ4n) is 3.99. The molecule has 0 aliphatic rings. The van der Waals surface area contributed by atoms with Crippen LogP contribution in [-0.4, -0.2) is 27.1 Å². The lowest BCUT2D eigenvalue weighted by Crippen LogP contribution is -2.27. The van der Waals surface area contributed by atoms with Gasteiger partial charge in [-0.2, -0.15) is 8.78 Å². The van der Waals surface area contributed by atoms with Crippen LogP contribution < -0.4 is 5.32 Å². The third kappa shape index (κ3) is 5.47. The summed E-state index contributed by atoms with van der Waals surface area (Å²) in [6.45, 7) is 3.15. The lowest BCUT2D eigenvalue weighted by Gasteiger charge is -2.19. The van der Waals surface area contributed by atoms with Gasteiger partial charge in [-0.15, -0.1) is 0 Å². The van der Waals surface area contributed by atoms with Crippen LogP contribution in [-0.2, 0) is 23.6 Å². The molecular weight excluding hydrogens is 460 g/mol. The smallest absolute Gasteiger partial charge is 0.298 e. The number of carbonyl (C=O) groups excluding carboxylic acids is 1. The number of aliphatic hydroxyl groups is 1. The number of amides is 1. The number of carbonyl (C=O) groups is 1. The Labute approximate surface area is 208 Å². The molecular formula is C29H27F2N3O2. The minimum Gasteiger partial charge on any atom is -0.387 e. The zero-order valence-electron chi connectivity index (χ0n) is 20.1. The van der Waals surface area contributed by atoms with Gasteiger partial charge in [0, 0.05) is 34.8 Å². The maximum absolute atomic E-state index is 13.9. The molecule has 0 saturated carbocycles. The summed E-state index contributed by atoms with van der Waals surface area (Å²) in [4.78, 5) is 21.7. The van der Waals surface area contributed by atoms with E-state index >= 15 is 0 Å². The molecule has 0 saturated heterocycles. The SMILES string of the molecule is CCc1ccccc1-c1nccnc1-c1ccc(NC(=O)Cc2ccc(C(F)(F)[C@H](C)O)cc2)cc1. The van der Waals surface area contributed by atoms with Gasteiger partial charge in [-0.3, -0.25) is 14.8 Å². The number of hydrogen-bond donors (Lipinski definition) is 2. The fourth-order valence-corrected chi connectivity index (χ4v) is 3.99. The van der Waals surface area contributed by atoms with Gasteiger partial charge in [-0.1, -0.05) is 67.6 Å². The summed E-state index contributed by atoms with van der Waals surface area (Å²) >= 11 is 0. The molecule has 4 rings (SSSR count). The molecule has 1 amide bonds. The van der Waals surface area contributed by atoms with E-state index in [4.69, 9.17) is 0 Å². The maximum Gasteiger partial charge on any atom is 0.298 e. The van der Waals surface area contributed by atoms with Gasteiger partial charge in [0.2, 0.25) is 5.91 Å². The predicted octanol–water partition coefficient (Wildman–Crippen LogP) is 6.03. The molecule has 2 N–H and O–H groups in total. The van der Waals surface area contributed by atoms with Gasteiger partial charge in [-0.25, -0.2) is 0 Å². The molecule has 1 atom stereocenters. The number of hydrogen-bond acceptors (Lipinski definition) is 4. The van der Waals surface area contributed by atoms with E-state index in [0.29, 0.717) is 11.3 Å². The summed E-state index contributed by atoms with van der Waals surface area (Å²) in [5.74, 6) is -3.61. The molecule has 5 nitrogen and oxygen atoms in total. The van der Waals surface area contributed by atoms with E-state index in [0.717, 1.165) is 35.9 Å². The molecule has 0 aliphatic carbocycles. The Morgan fingerprint density at radius 2 is 1.58 bits per heavy atom. The number of rotatable bonds is 8. The molecule has 36 heavy (non-hydrogen) atoms. The average molecular weight is 488 g/mol. The molecule has 0 spiro atoms. The number of benzene rings is 3. The summed E-state index contributed by atoms with van der Waals surface area (Å²) in [6, 6.07) is 20.9. The van der Waals surface area contributed by atoms with Crippen molar-refractivity contribution in [2.45, 2.75) is 38.7 Å². The summed E-state index contributed by atoms with van der Waals surface area (Å²) in [6.07, 6.45) is 2.45. The maximum atomic E-state index is 13.9. The first-order valence-corrected chi connectivity index (χ1v) is 11.7. The van der Waals surface area contributed by atoms with Crippen molar-refractivity contribution in [3.63, 3.8) is 0 Å². The summed E-state index contributed by atoms with van der Waals surface area (Å²) in [5, 5.41) is 12.1. The molecule has 0 fully saturated rings. The number of aryl methyl sites for hydroxylation is 1. The highest BCUT2D eigenvalue weighted by Crippen LogP contribution is 2.32. The fraction of sp³-hybridized carbons (Fsp3) is 0.207. The van der Waals surface area contributed by atoms with Gasteiger partial charge in [0.1, 0.15) is 6.10 Å². The number of aromatic nitrogens is 2. The van der Waals surface area contributed by atoms with Gasteiger partial charge in [0.15, 0.2) is 0 Å². The van der Waals surface area contributed by atoms with Crippen molar-refractivity contribution >= 4 is 11.6 Å². The van der Waals surface area contributed by atoms with E-state index in [-0.39, 0.29) is 17.9 Å². The van der Waals surface area contributed by atoms with Gasteiger partial charge in [0.05, 0.1) is 17.8 Å². The lowest BCUT2D eigenvalue weighted by molar-refractivity contribution is -0.115. The van der Waals surface area contributed by atoms with Crippen LogP contribution >= 0.6 is 0 Å². The lowest BCUT2D eigenvalue weighted by atomic mass is 9.98. The molecule has 0 bridgehead atoms. The zero-order chi connectivity index (χ0) is 25.7. The quantitative estimate of drug-likeness (QED) is 0.318. The standard InChI is InChI=1S/C29H27F2N3O2/c1-3-21-6-4-5-7-25(21)28-27(32-16-17-33-28)22-10-14-24(15-11-22)34-26(36)18-20-8-12-23(13-9-20)29(30,31)19(2)35/h4-17,19,35H,3,18H2,1-2H3,(H,34,36)/t19-/m0/s1. The van der Waals surface area contributed by atoms with Crippen molar-refractivity contribution in [2.24, 2.45) is 0 Å². The van der Waals surface area contributed by atoms with Gasteiger partial charge < -0.3 is 10.4 Å². The van der Waals surface area contributed by atoms with Gasteiger partial charge >= 0.3 is 0 Å². The third-order valence-corrected chi connectivity index (χ3v) is 6.02. The number of nitrogens with zero attached hydrogens (tertiary/aromatic N) is 2. The van der Waals surface area contributed by atoms with Crippen LogP contribution in [0.3, 0.4) is 0 Å². The number of aliphatic hydroxyl groups excluding tert-OH is 1. The summed E-state index contributed by atoms with van der Waals surface area (Å²) in [7, 11) is 0. The monoisotopic (exact) mass is 487 g/mol. The molecule has 7 heteroatoms. The first kappa shape index (κ1) is 25.1. The molecule has 3 aromatic carbocycles. The topological polar surface area (TPSA) is 75.1 Å². The van der Waals surface area contributed by atoms with Crippen LogP contribution in [0.4, 0.5) is 14.5 Å². The highest BCUT2D eigenvalue weighted by atomic mass is 19.3. The number of nitrogens with one attached hydrogen (secondary N) is 1. The van der Waals surface area contributed by atoms with E-state index in [1.54, 1.807) is 24.5 Å². The zero-order valence-corrected chi connectivity index (χ0v) is 20.1. The largest absolute Gasteiger partial charge is 0.387 e. The van der Waals surface area contributed by atoms with Crippen LogP contribution in [0.1, 0.15) is 30.5 Å². The highest BCUT2D eigenvalue weighted by molar-refractivity contribution is 5.92. The third-order valence-electron chi connectivity index (χ3n) is 6.02. The van der Waals surface area contributed by atoms with Crippen LogP contribution in [0, 0.1) is 0 Å². The first-order chi connectivity index (χ1) is 17.3. The normalized spacial score (nSPS) is 12.2. The van der Waals surface area contributed by atoms with Crippen molar-refractivity contribution in [1.29, 1.82) is 0 Å². The Balaban J connectivity index is 1.47. The molecule has 1 aromatic heterocycles. The molecule has 0 unspecified atom stereocenters. The molecule has 0 aliphatic heterocycles. The number of alkyl halides is 2. The Bertz CT molecular complexity index is 1340. The second kappa shape index (κ2) is 10.7. The molecule has 1 heterocycles. The van der Waals surface area contributed by atoms with Crippen molar-refractivity contribution in [3.8, 4) is 22.5 Å². The number of anilines is 1. The van der Waals surface area contributed by atoms with Crippen LogP contribution in [0.5, 0.6) is 0 Å². The van der Waals surface area contributed by atoms with Gasteiger partial charge in [-0.05, 0) is 36.6 Å². The second-order valence-electron chi connectivity index (χ2n) is 8.56. The second-order valence-corrected chi connectivity index (χ2v) is 8.56.